The molecular formula is C11H21NO2. The van der Waals surface area contributed by atoms with Crippen LogP contribution < -0.4 is 0 Å². The molecule has 0 aromatic rings. The van der Waals surface area contributed by atoms with E-state index in [1.807, 2.05) is 0 Å². The highest BCUT2D eigenvalue weighted by atomic mass is 16.4. The molecule has 3 heteroatoms. The van der Waals surface area contributed by atoms with E-state index in [0.29, 0.717) is 5.92 Å². The Kier molecular flexibility index (Phi) is 3.07. The monoisotopic (exact) mass is 199 g/mol. The SMILES string of the molecule is CC1CC(N(C)C(=O)O)CC(C)(C)C1. The summed E-state index contributed by atoms with van der Waals surface area (Å²) in [5.74, 6) is 0.630. The second-order valence-corrected chi connectivity index (χ2v) is 5.46. The first-order valence-corrected chi connectivity index (χ1v) is 5.27. The van der Waals surface area contributed by atoms with Crippen molar-refractivity contribution >= 4 is 6.09 Å². The maximum Gasteiger partial charge on any atom is 0.407 e. The molecule has 14 heavy (non-hydrogen) atoms. The van der Waals surface area contributed by atoms with E-state index in [2.05, 4.69) is 20.8 Å². The Bertz CT molecular complexity index is 225. The van der Waals surface area contributed by atoms with Crippen LogP contribution in [0.2, 0.25) is 0 Å². The van der Waals surface area contributed by atoms with Crippen LogP contribution in [-0.2, 0) is 0 Å². The van der Waals surface area contributed by atoms with E-state index in [9.17, 15) is 4.79 Å². The van der Waals surface area contributed by atoms with Gasteiger partial charge in [0.15, 0.2) is 0 Å². The fourth-order valence-corrected chi connectivity index (χ4v) is 2.75. The minimum atomic E-state index is -0.806. The van der Waals surface area contributed by atoms with Gasteiger partial charge in [-0.15, -0.1) is 0 Å². The Morgan fingerprint density at radius 1 is 1.43 bits per heavy atom. The van der Waals surface area contributed by atoms with Crippen molar-refractivity contribution in [3.05, 3.63) is 0 Å². The van der Waals surface area contributed by atoms with Crippen LogP contribution in [0.15, 0.2) is 0 Å². The first kappa shape index (κ1) is 11.3. The quantitative estimate of drug-likeness (QED) is 0.705. The molecule has 0 saturated heterocycles. The molecule has 1 fully saturated rings. The Balaban J connectivity index is 2.66. The smallest absolute Gasteiger partial charge is 0.407 e. The van der Waals surface area contributed by atoms with Gasteiger partial charge in [0, 0.05) is 13.1 Å². The molecule has 2 atom stereocenters. The number of rotatable bonds is 1. The number of hydrogen-bond donors (Lipinski definition) is 1. The summed E-state index contributed by atoms with van der Waals surface area (Å²) in [7, 11) is 1.68. The van der Waals surface area contributed by atoms with Crippen molar-refractivity contribution < 1.29 is 9.90 Å². The summed E-state index contributed by atoms with van der Waals surface area (Å²) >= 11 is 0. The molecule has 0 aromatic heterocycles. The topological polar surface area (TPSA) is 40.5 Å². The van der Waals surface area contributed by atoms with E-state index in [1.54, 1.807) is 7.05 Å². The zero-order valence-corrected chi connectivity index (χ0v) is 9.58. The van der Waals surface area contributed by atoms with Crippen LogP contribution in [0.1, 0.15) is 40.0 Å². The molecule has 1 aliphatic carbocycles. The lowest BCUT2D eigenvalue weighted by molar-refractivity contribution is 0.0761. The normalized spacial score (nSPS) is 31.1. The van der Waals surface area contributed by atoms with Crippen molar-refractivity contribution in [3.63, 3.8) is 0 Å². The Morgan fingerprint density at radius 3 is 2.43 bits per heavy atom. The van der Waals surface area contributed by atoms with Crippen molar-refractivity contribution in [3.8, 4) is 0 Å². The fourth-order valence-electron chi connectivity index (χ4n) is 2.75. The lowest BCUT2D eigenvalue weighted by Crippen LogP contribution is -2.43. The van der Waals surface area contributed by atoms with Crippen LogP contribution in [0.25, 0.3) is 0 Å². The third-order valence-corrected chi connectivity index (χ3v) is 3.21. The molecule has 2 unspecified atom stereocenters. The van der Waals surface area contributed by atoms with Crippen molar-refractivity contribution in [1.82, 2.24) is 4.90 Å². The largest absolute Gasteiger partial charge is 0.465 e. The third-order valence-electron chi connectivity index (χ3n) is 3.21. The summed E-state index contributed by atoms with van der Waals surface area (Å²) in [5.41, 5.74) is 0.284. The number of carboxylic acid groups (broad SMARTS) is 1. The fraction of sp³-hybridized carbons (Fsp3) is 0.909. The third kappa shape index (κ3) is 2.63. The molecule has 1 aliphatic rings. The molecule has 0 aromatic carbocycles. The van der Waals surface area contributed by atoms with Crippen LogP contribution >= 0.6 is 0 Å². The predicted octanol–water partition coefficient (Wildman–Crippen LogP) is 2.81. The van der Waals surface area contributed by atoms with E-state index >= 15 is 0 Å². The highest BCUT2D eigenvalue weighted by molar-refractivity contribution is 5.65. The minimum absolute atomic E-state index is 0.200. The number of nitrogens with zero attached hydrogens (tertiary/aromatic N) is 1. The van der Waals surface area contributed by atoms with Crippen LogP contribution in [0.3, 0.4) is 0 Å². The van der Waals surface area contributed by atoms with Gasteiger partial charge in [0.05, 0.1) is 0 Å². The highest BCUT2D eigenvalue weighted by Gasteiger charge is 2.35. The Labute approximate surface area is 86.1 Å². The van der Waals surface area contributed by atoms with Gasteiger partial charge < -0.3 is 10.0 Å². The van der Waals surface area contributed by atoms with Gasteiger partial charge in [0.1, 0.15) is 0 Å². The number of hydrogen-bond acceptors (Lipinski definition) is 1. The molecule has 1 rings (SSSR count). The Hall–Kier alpha value is -0.730. The second kappa shape index (κ2) is 3.79. The molecular weight excluding hydrogens is 178 g/mol. The molecule has 0 radical (unpaired) electrons. The second-order valence-electron chi connectivity index (χ2n) is 5.46. The summed E-state index contributed by atoms with van der Waals surface area (Å²) in [4.78, 5) is 12.3. The van der Waals surface area contributed by atoms with Gasteiger partial charge in [-0.1, -0.05) is 20.8 Å². The summed E-state index contributed by atoms with van der Waals surface area (Å²) in [5, 5.41) is 8.92. The summed E-state index contributed by atoms with van der Waals surface area (Å²) in [6.07, 6.45) is 2.39. The van der Waals surface area contributed by atoms with Gasteiger partial charge in [-0.2, -0.15) is 0 Å². The molecule has 0 bridgehead atoms. The molecule has 1 saturated carbocycles. The average molecular weight is 199 g/mol. The van der Waals surface area contributed by atoms with Crippen molar-refractivity contribution in [1.29, 1.82) is 0 Å². The molecule has 0 heterocycles. The van der Waals surface area contributed by atoms with Crippen molar-refractivity contribution in [2.45, 2.75) is 46.1 Å². The maximum atomic E-state index is 10.8. The maximum absolute atomic E-state index is 10.8. The molecule has 1 amide bonds. The highest BCUT2D eigenvalue weighted by Crippen LogP contribution is 2.40. The molecule has 3 nitrogen and oxygen atoms in total. The van der Waals surface area contributed by atoms with Crippen molar-refractivity contribution in [2.75, 3.05) is 7.05 Å². The van der Waals surface area contributed by atoms with Gasteiger partial charge in [0.25, 0.3) is 0 Å². The summed E-state index contributed by atoms with van der Waals surface area (Å²) < 4.78 is 0. The number of carbonyl (C=O) groups is 1. The van der Waals surface area contributed by atoms with Crippen LogP contribution in [0.5, 0.6) is 0 Å². The van der Waals surface area contributed by atoms with Crippen LogP contribution in [0, 0.1) is 11.3 Å². The molecule has 0 spiro atoms. The van der Waals surface area contributed by atoms with E-state index in [4.69, 9.17) is 5.11 Å². The van der Waals surface area contributed by atoms with Crippen LogP contribution in [-0.4, -0.2) is 29.2 Å². The molecule has 0 aliphatic heterocycles. The van der Waals surface area contributed by atoms with E-state index in [-0.39, 0.29) is 11.5 Å². The van der Waals surface area contributed by atoms with Gasteiger partial charge in [0.2, 0.25) is 0 Å². The van der Waals surface area contributed by atoms with Crippen LogP contribution in [0.4, 0.5) is 4.79 Å². The molecule has 1 N–H and O–H groups in total. The zero-order valence-electron chi connectivity index (χ0n) is 9.58. The lowest BCUT2D eigenvalue weighted by atomic mass is 9.70. The summed E-state index contributed by atoms with van der Waals surface area (Å²) in [6.45, 7) is 6.67. The first-order valence-electron chi connectivity index (χ1n) is 5.27. The van der Waals surface area contributed by atoms with Gasteiger partial charge in [-0.05, 0) is 30.6 Å². The van der Waals surface area contributed by atoms with Gasteiger partial charge in [-0.3, -0.25) is 0 Å². The first-order chi connectivity index (χ1) is 6.32. The van der Waals surface area contributed by atoms with Crippen molar-refractivity contribution in [2.24, 2.45) is 11.3 Å². The van der Waals surface area contributed by atoms with Gasteiger partial charge >= 0.3 is 6.09 Å². The standard InChI is InChI=1S/C11H21NO2/c1-8-5-9(12(4)10(13)14)7-11(2,3)6-8/h8-9H,5-7H2,1-4H3,(H,13,14). The predicted molar refractivity (Wildman–Crippen MR) is 56.4 cm³/mol. The number of amides is 1. The van der Waals surface area contributed by atoms with E-state index in [0.717, 1.165) is 12.8 Å². The Morgan fingerprint density at radius 2 is 2.00 bits per heavy atom. The van der Waals surface area contributed by atoms with Gasteiger partial charge in [-0.25, -0.2) is 4.79 Å². The average Bonchev–Trinajstić information content (AvgIpc) is 1.98. The van der Waals surface area contributed by atoms with E-state index in [1.165, 1.54) is 11.3 Å². The molecule has 82 valence electrons. The lowest BCUT2D eigenvalue weighted by Gasteiger charge is -2.41. The minimum Gasteiger partial charge on any atom is -0.465 e. The zero-order chi connectivity index (χ0) is 10.9. The van der Waals surface area contributed by atoms with E-state index < -0.39 is 6.09 Å². The summed E-state index contributed by atoms with van der Waals surface area (Å²) in [6, 6.07) is 0.200.